The summed E-state index contributed by atoms with van der Waals surface area (Å²) in [6.45, 7) is 2.51. The van der Waals surface area contributed by atoms with Crippen LogP contribution in [-0.4, -0.2) is 11.5 Å². The molecule has 0 aliphatic carbocycles. The molecule has 1 aromatic carbocycles. The quantitative estimate of drug-likeness (QED) is 0.593. The van der Waals surface area contributed by atoms with Gasteiger partial charge in [0.15, 0.2) is 0 Å². The largest absolute Gasteiger partial charge is 0.492 e. The second-order valence-corrected chi connectivity index (χ2v) is 3.88. The van der Waals surface area contributed by atoms with Crippen molar-refractivity contribution in [2.24, 2.45) is 0 Å². The van der Waals surface area contributed by atoms with E-state index in [1.54, 1.807) is 12.1 Å². The Morgan fingerprint density at radius 1 is 1.53 bits per heavy atom. The first-order chi connectivity index (χ1) is 7.22. The molecule has 0 unspecified atom stereocenters. The molecule has 0 bridgehead atoms. The van der Waals surface area contributed by atoms with Crippen LogP contribution >= 0.6 is 11.3 Å². The van der Waals surface area contributed by atoms with Gasteiger partial charge in [0.25, 0.3) is 5.69 Å². The van der Waals surface area contributed by atoms with E-state index < -0.39 is 0 Å². The Labute approximate surface area is 90.2 Å². The number of hydrogen-bond donors (Lipinski definition) is 0. The third-order valence-electron chi connectivity index (χ3n) is 2.03. The van der Waals surface area contributed by atoms with Crippen LogP contribution in [0.3, 0.4) is 0 Å². The van der Waals surface area contributed by atoms with E-state index in [2.05, 4.69) is 0 Å². The lowest BCUT2D eigenvalue weighted by molar-refractivity contribution is -0.384. The van der Waals surface area contributed by atoms with Crippen molar-refractivity contribution < 1.29 is 9.66 Å². The average Bonchev–Trinajstić information content (AvgIpc) is 2.61. The van der Waals surface area contributed by atoms with Gasteiger partial charge >= 0.3 is 0 Å². The van der Waals surface area contributed by atoms with Crippen molar-refractivity contribution >= 4 is 27.1 Å². The van der Waals surface area contributed by atoms with Gasteiger partial charge in [-0.15, -0.1) is 11.3 Å². The summed E-state index contributed by atoms with van der Waals surface area (Å²) in [7, 11) is 0. The molecular formula is C10H9NO3S. The summed E-state index contributed by atoms with van der Waals surface area (Å²) >= 11 is 1.46. The Morgan fingerprint density at radius 3 is 3.00 bits per heavy atom. The normalized spacial score (nSPS) is 10.5. The molecule has 4 nitrogen and oxygen atoms in total. The standard InChI is InChI=1S/C10H9NO3S/c1-2-14-9-6-15-10-5-7(11(12)13)3-4-8(9)10/h3-6H,2H2,1H3. The third kappa shape index (κ3) is 1.78. The third-order valence-corrected chi connectivity index (χ3v) is 2.96. The molecule has 0 spiro atoms. The SMILES string of the molecule is CCOc1csc2cc([N+](=O)[O-])ccc12. The zero-order chi connectivity index (χ0) is 10.8. The first kappa shape index (κ1) is 9.92. The van der Waals surface area contributed by atoms with Crippen LogP contribution in [0.4, 0.5) is 5.69 Å². The van der Waals surface area contributed by atoms with E-state index in [9.17, 15) is 10.1 Å². The number of benzene rings is 1. The fourth-order valence-corrected chi connectivity index (χ4v) is 2.29. The van der Waals surface area contributed by atoms with Gasteiger partial charge in [-0.05, 0) is 13.0 Å². The highest BCUT2D eigenvalue weighted by molar-refractivity contribution is 7.17. The molecule has 0 amide bonds. The molecule has 0 radical (unpaired) electrons. The summed E-state index contributed by atoms with van der Waals surface area (Å²) in [5, 5.41) is 13.4. The molecule has 0 atom stereocenters. The number of nitro groups is 1. The first-order valence-corrected chi connectivity index (χ1v) is 5.38. The summed E-state index contributed by atoms with van der Waals surface area (Å²) in [5.41, 5.74) is 0.118. The molecule has 1 heterocycles. The van der Waals surface area contributed by atoms with Crippen LogP contribution in [0.2, 0.25) is 0 Å². The molecule has 1 aromatic heterocycles. The minimum atomic E-state index is -0.389. The van der Waals surface area contributed by atoms with Crippen molar-refractivity contribution in [1.29, 1.82) is 0 Å². The molecule has 78 valence electrons. The number of thiophene rings is 1. The summed E-state index contributed by atoms with van der Waals surface area (Å²) < 4.78 is 6.28. The van der Waals surface area contributed by atoms with Crippen molar-refractivity contribution in [2.75, 3.05) is 6.61 Å². The zero-order valence-corrected chi connectivity index (χ0v) is 8.91. The van der Waals surface area contributed by atoms with E-state index in [0.29, 0.717) is 6.61 Å². The van der Waals surface area contributed by atoms with Crippen LogP contribution in [0.15, 0.2) is 23.6 Å². The number of nitrogens with zero attached hydrogens (tertiary/aromatic N) is 1. The summed E-state index contributed by atoms with van der Waals surface area (Å²) in [4.78, 5) is 10.2. The van der Waals surface area contributed by atoms with Crippen molar-refractivity contribution in [3.63, 3.8) is 0 Å². The monoisotopic (exact) mass is 223 g/mol. The molecule has 0 N–H and O–H groups in total. The molecule has 15 heavy (non-hydrogen) atoms. The highest BCUT2D eigenvalue weighted by atomic mass is 32.1. The van der Waals surface area contributed by atoms with Crippen molar-refractivity contribution in [3.05, 3.63) is 33.7 Å². The van der Waals surface area contributed by atoms with Crippen LogP contribution in [-0.2, 0) is 0 Å². The van der Waals surface area contributed by atoms with Gasteiger partial charge in [0.2, 0.25) is 0 Å². The van der Waals surface area contributed by atoms with Crippen molar-refractivity contribution in [3.8, 4) is 5.75 Å². The summed E-state index contributed by atoms with van der Waals surface area (Å²) in [5.74, 6) is 0.799. The lowest BCUT2D eigenvalue weighted by atomic mass is 10.2. The molecule has 5 heteroatoms. The second-order valence-electron chi connectivity index (χ2n) is 2.97. The Bertz CT molecular complexity index is 506. The van der Waals surface area contributed by atoms with Gasteiger partial charge in [-0.1, -0.05) is 0 Å². The predicted octanol–water partition coefficient (Wildman–Crippen LogP) is 3.21. The smallest absolute Gasteiger partial charge is 0.270 e. The number of nitro benzene ring substituents is 1. The summed E-state index contributed by atoms with van der Waals surface area (Å²) in [6, 6.07) is 4.80. The predicted molar refractivity (Wildman–Crippen MR) is 59.6 cm³/mol. The van der Waals surface area contributed by atoms with Gasteiger partial charge in [0.05, 0.1) is 11.5 Å². The van der Waals surface area contributed by atoms with Crippen LogP contribution in [0.1, 0.15) is 6.92 Å². The number of ether oxygens (including phenoxy) is 1. The van der Waals surface area contributed by atoms with E-state index >= 15 is 0 Å². The molecule has 2 aromatic rings. The van der Waals surface area contributed by atoms with Crippen molar-refractivity contribution in [1.82, 2.24) is 0 Å². The fourth-order valence-electron chi connectivity index (χ4n) is 1.37. The molecule has 0 saturated carbocycles. The lowest BCUT2D eigenvalue weighted by Gasteiger charge is -1.99. The average molecular weight is 223 g/mol. The van der Waals surface area contributed by atoms with Gasteiger partial charge < -0.3 is 4.74 Å². The number of non-ortho nitro benzene ring substituents is 1. The maximum atomic E-state index is 10.6. The van der Waals surface area contributed by atoms with Crippen LogP contribution in [0.5, 0.6) is 5.75 Å². The highest BCUT2D eigenvalue weighted by Crippen LogP contribution is 2.34. The van der Waals surface area contributed by atoms with Gasteiger partial charge in [0, 0.05) is 27.6 Å². The van der Waals surface area contributed by atoms with Gasteiger partial charge in [-0.3, -0.25) is 10.1 Å². The van der Waals surface area contributed by atoms with E-state index in [1.807, 2.05) is 12.3 Å². The fraction of sp³-hybridized carbons (Fsp3) is 0.200. The van der Waals surface area contributed by atoms with Gasteiger partial charge in [-0.25, -0.2) is 0 Å². The van der Waals surface area contributed by atoms with Gasteiger partial charge in [-0.2, -0.15) is 0 Å². The second kappa shape index (κ2) is 3.86. The molecule has 2 rings (SSSR count). The Morgan fingerprint density at radius 2 is 2.33 bits per heavy atom. The number of hydrogen-bond acceptors (Lipinski definition) is 4. The van der Waals surface area contributed by atoms with Crippen LogP contribution in [0.25, 0.3) is 10.1 Å². The topological polar surface area (TPSA) is 52.4 Å². The van der Waals surface area contributed by atoms with E-state index in [1.165, 1.54) is 17.4 Å². The van der Waals surface area contributed by atoms with E-state index in [-0.39, 0.29) is 10.6 Å². The first-order valence-electron chi connectivity index (χ1n) is 4.51. The zero-order valence-electron chi connectivity index (χ0n) is 8.10. The molecule has 0 aliphatic heterocycles. The molecule has 0 fully saturated rings. The minimum Gasteiger partial charge on any atom is -0.492 e. The van der Waals surface area contributed by atoms with E-state index in [0.717, 1.165) is 15.8 Å². The molecule has 0 aliphatic rings. The number of fused-ring (bicyclic) bond motifs is 1. The Balaban J connectivity index is 2.51. The van der Waals surface area contributed by atoms with Crippen molar-refractivity contribution in [2.45, 2.75) is 6.92 Å². The Kier molecular flexibility index (Phi) is 2.55. The number of rotatable bonds is 3. The minimum absolute atomic E-state index is 0.118. The molecule has 0 saturated heterocycles. The van der Waals surface area contributed by atoms with E-state index in [4.69, 9.17) is 4.74 Å². The Hall–Kier alpha value is -1.62. The lowest BCUT2D eigenvalue weighted by Crippen LogP contribution is -1.90. The maximum absolute atomic E-state index is 10.6. The maximum Gasteiger partial charge on any atom is 0.270 e. The van der Waals surface area contributed by atoms with Crippen LogP contribution < -0.4 is 4.74 Å². The highest BCUT2D eigenvalue weighted by Gasteiger charge is 2.10. The van der Waals surface area contributed by atoms with Gasteiger partial charge in [0.1, 0.15) is 5.75 Å². The van der Waals surface area contributed by atoms with Crippen LogP contribution in [0, 0.1) is 10.1 Å². The summed E-state index contributed by atoms with van der Waals surface area (Å²) in [6.07, 6.45) is 0. The molecular weight excluding hydrogens is 214 g/mol.